The first kappa shape index (κ1) is 21.3. The van der Waals surface area contributed by atoms with Crippen molar-refractivity contribution in [2.24, 2.45) is 5.92 Å². The maximum atomic E-state index is 13.0. The van der Waals surface area contributed by atoms with E-state index < -0.39 is 6.04 Å². The Bertz CT molecular complexity index is 772. The van der Waals surface area contributed by atoms with E-state index in [-0.39, 0.29) is 24.3 Å². The van der Waals surface area contributed by atoms with Gasteiger partial charge in [0.1, 0.15) is 11.8 Å². The lowest BCUT2D eigenvalue weighted by Crippen LogP contribution is -2.56. The van der Waals surface area contributed by atoms with E-state index in [1.165, 1.54) is 5.56 Å². The Morgan fingerprint density at radius 1 is 1.10 bits per heavy atom. The van der Waals surface area contributed by atoms with Crippen LogP contribution in [0, 0.1) is 5.92 Å². The van der Waals surface area contributed by atoms with E-state index in [1.54, 1.807) is 23.5 Å². The van der Waals surface area contributed by atoms with E-state index in [4.69, 9.17) is 4.74 Å². The molecular weight excluding hydrogens is 386 g/mol. The highest BCUT2D eigenvalue weighted by molar-refractivity contribution is 7.07. The van der Waals surface area contributed by atoms with Gasteiger partial charge < -0.3 is 15.0 Å². The molecule has 0 saturated carbocycles. The molecule has 1 aliphatic heterocycles. The van der Waals surface area contributed by atoms with Crippen LogP contribution in [0.3, 0.4) is 0 Å². The van der Waals surface area contributed by atoms with Crippen molar-refractivity contribution in [3.8, 4) is 5.75 Å². The number of rotatable bonds is 8. The van der Waals surface area contributed by atoms with Crippen LogP contribution in [0.1, 0.15) is 19.4 Å². The molecule has 1 fully saturated rings. The van der Waals surface area contributed by atoms with Crippen LogP contribution in [0.25, 0.3) is 0 Å². The van der Waals surface area contributed by atoms with Crippen molar-refractivity contribution in [1.29, 1.82) is 0 Å². The van der Waals surface area contributed by atoms with E-state index in [1.807, 2.05) is 36.9 Å². The topological polar surface area (TPSA) is 61.9 Å². The Kier molecular flexibility index (Phi) is 7.66. The van der Waals surface area contributed by atoms with Crippen molar-refractivity contribution in [1.82, 2.24) is 15.1 Å². The van der Waals surface area contributed by atoms with Crippen molar-refractivity contribution in [2.75, 3.05) is 32.8 Å². The van der Waals surface area contributed by atoms with Gasteiger partial charge in [-0.25, -0.2) is 0 Å². The molecule has 0 bridgehead atoms. The summed E-state index contributed by atoms with van der Waals surface area (Å²) < 4.78 is 5.49. The number of carbonyl (C=O) groups is 2. The minimum atomic E-state index is -0.537. The molecule has 1 aromatic heterocycles. The first-order valence-corrected chi connectivity index (χ1v) is 11.0. The van der Waals surface area contributed by atoms with Gasteiger partial charge in [-0.3, -0.25) is 14.5 Å². The Morgan fingerprint density at radius 2 is 1.83 bits per heavy atom. The van der Waals surface area contributed by atoms with Crippen LogP contribution < -0.4 is 10.1 Å². The largest absolute Gasteiger partial charge is 0.484 e. The number of hydrogen-bond donors (Lipinski definition) is 1. The van der Waals surface area contributed by atoms with E-state index in [9.17, 15) is 9.59 Å². The maximum absolute atomic E-state index is 13.0. The molecule has 1 saturated heterocycles. The molecule has 2 heterocycles. The Labute approximate surface area is 176 Å². The van der Waals surface area contributed by atoms with Crippen molar-refractivity contribution in [3.05, 3.63) is 52.7 Å². The molecule has 2 amide bonds. The number of ether oxygens (including phenoxy) is 1. The van der Waals surface area contributed by atoms with E-state index in [0.29, 0.717) is 18.8 Å². The van der Waals surface area contributed by atoms with Gasteiger partial charge in [0, 0.05) is 32.7 Å². The zero-order chi connectivity index (χ0) is 20.6. The normalized spacial score (nSPS) is 15.9. The third-order valence-electron chi connectivity index (χ3n) is 5.03. The van der Waals surface area contributed by atoms with Gasteiger partial charge in [0.2, 0.25) is 5.91 Å². The predicted molar refractivity (Wildman–Crippen MR) is 115 cm³/mol. The average molecular weight is 416 g/mol. The van der Waals surface area contributed by atoms with Crippen LogP contribution in [-0.2, 0) is 16.1 Å². The second-order valence-electron chi connectivity index (χ2n) is 7.62. The molecule has 7 heteroatoms. The fourth-order valence-electron chi connectivity index (χ4n) is 3.36. The molecule has 2 aromatic rings. The van der Waals surface area contributed by atoms with Gasteiger partial charge in [-0.15, -0.1) is 0 Å². The van der Waals surface area contributed by atoms with Gasteiger partial charge in [-0.1, -0.05) is 32.0 Å². The summed E-state index contributed by atoms with van der Waals surface area (Å²) in [5.74, 6) is 0.351. The predicted octanol–water partition coefficient (Wildman–Crippen LogP) is 2.61. The molecule has 3 rings (SSSR count). The molecule has 6 nitrogen and oxygen atoms in total. The Morgan fingerprint density at radius 3 is 2.45 bits per heavy atom. The van der Waals surface area contributed by atoms with Gasteiger partial charge in [0.15, 0.2) is 6.61 Å². The van der Waals surface area contributed by atoms with Crippen LogP contribution in [0.5, 0.6) is 5.75 Å². The second kappa shape index (κ2) is 10.4. The standard InChI is InChI=1S/C22H29N3O3S/c1-17(2)21(23-20(26)15-28-19-6-4-3-5-7-19)22(27)25-11-9-24(10-12-25)14-18-8-13-29-16-18/h3-8,13,16-17,21H,9-12,14-15H2,1-2H3,(H,23,26)/t21-/m0/s1. The third kappa shape index (κ3) is 6.30. The van der Waals surface area contributed by atoms with Crippen LogP contribution in [0.4, 0.5) is 0 Å². The molecule has 0 spiro atoms. The van der Waals surface area contributed by atoms with E-state index in [2.05, 4.69) is 27.0 Å². The van der Waals surface area contributed by atoms with Crippen molar-refractivity contribution < 1.29 is 14.3 Å². The lowest BCUT2D eigenvalue weighted by atomic mass is 10.0. The number of piperazine rings is 1. The molecule has 0 unspecified atom stereocenters. The summed E-state index contributed by atoms with van der Waals surface area (Å²) in [6.07, 6.45) is 0. The zero-order valence-corrected chi connectivity index (χ0v) is 17.9. The zero-order valence-electron chi connectivity index (χ0n) is 17.0. The summed E-state index contributed by atoms with van der Waals surface area (Å²) >= 11 is 1.71. The summed E-state index contributed by atoms with van der Waals surface area (Å²) in [6.45, 7) is 7.78. The SMILES string of the molecule is CC(C)[C@H](NC(=O)COc1ccccc1)C(=O)N1CCN(Cc2ccsc2)CC1. The molecule has 1 aromatic carbocycles. The number of carbonyl (C=O) groups excluding carboxylic acids is 2. The Hall–Kier alpha value is -2.38. The number of thiophene rings is 1. The maximum Gasteiger partial charge on any atom is 0.258 e. The summed E-state index contributed by atoms with van der Waals surface area (Å²) in [4.78, 5) is 29.6. The minimum Gasteiger partial charge on any atom is -0.484 e. The fraction of sp³-hybridized carbons (Fsp3) is 0.455. The van der Waals surface area contributed by atoms with Gasteiger partial charge in [0.25, 0.3) is 5.91 Å². The first-order chi connectivity index (χ1) is 14.0. The summed E-state index contributed by atoms with van der Waals surface area (Å²) in [5, 5.41) is 7.12. The third-order valence-corrected chi connectivity index (χ3v) is 5.76. The molecule has 1 aliphatic rings. The first-order valence-electron chi connectivity index (χ1n) is 10.0. The summed E-state index contributed by atoms with van der Waals surface area (Å²) in [5.41, 5.74) is 1.32. The number of benzene rings is 1. The van der Waals surface area contributed by atoms with E-state index in [0.717, 1.165) is 19.6 Å². The molecule has 1 N–H and O–H groups in total. The molecule has 156 valence electrons. The highest BCUT2D eigenvalue weighted by atomic mass is 32.1. The number of nitrogens with zero attached hydrogens (tertiary/aromatic N) is 2. The smallest absolute Gasteiger partial charge is 0.258 e. The van der Waals surface area contributed by atoms with Crippen molar-refractivity contribution in [2.45, 2.75) is 26.4 Å². The Balaban J connectivity index is 1.48. The van der Waals surface area contributed by atoms with E-state index >= 15 is 0 Å². The number of hydrogen-bond acceptors (Lipinski definition) is 5. The average Bonchev–Trinajstić information content (AvgIpc) is 3.24. The van der Waals surface area contributed by atoms with Crippen LogP contribution in [0.15, 0.2) is 47.2 Å². The highest BCUT2D eigenvalue weighted by Crippen LogP contribution is 2.14. The van der Waals surface area contributed by atoms with Crippen molar-refractivity contribution >= 4 is 23.2 Å². The van der Waals surface area contributed by atoms with Gasteiger partial charge in [-0.05, 0) is 40.4 Å². The van der Waals surface area contributed by atoms with Gasteiger partial charge in [-0.2, -0.15) is 11.3 Å². The molecular formula is C22H29N3O3S. The minimum absolute atomic E-state index is 0.00649. The lowest BCUT2D eigenvalue weighted by molar-refractivity contribution is -0.139. The van der Waals surface area contributed by atoms with Crippen LogP contribution in [-0.4, -0.2) is 60.4 Å². The molecule has 0 aliphatic carbocycles. The quantitative estimate of drug-likeness (QED) is 0.720. The fourth-order valence-corrected chi connectivity index (χ4v) is 4.02. The van der Waals surface area contributed by atoms with Crippen LogP contribution in [0.2, 0.25) is 0 Å². The molecule has 1 atom stereocenters. The lowest BCUT2D eigenvalue weighted by Gasteiger charge is -2.37. The number of amides is 2. The summed E-state index contributed by atoms with van der Waals surface area (Å²) in [6, 6.07) is 10.8. The monoisotopic (exact) mass is 415 g/mol. The second-order valence-corrected chi connectivity index (χ2v) is 8.40. The summed E-state index contributed by atoms with van der Waals surface area (Å²) in [7, 11) is 0. The molecule has 0 radical (unpaired) electrons. The number of para-hydroxylation sites is 1. The van der Waals surface area contributed by atoms with Gasteiger partial charge >= 0.3 is 0 Å². The van der Waals surface area contributed by atoms with Crippen LogP contribution >= 0.6 is 11.3 Å². The number of nitrogens with one attached hydrogen (secondary N) is 1. The molecule has 29 heavy (non-hydrogen) atoms. The highest BCUT2D eigenvalue weighted by Gasteiger charge is 2.30. The van der Waals surface area contributed by atoms with Crippen molar-refractivity contribution in [3.63, 3.8) is 0 Å². The van der Waals surface area contributed by atoms with Gasteiger partial charge in [0.05, 0.1) is 0 Å².